The first-order valence-electron chi connectivity index (χ1n) is 8.25. The second kappa shape index (κ2) is 7.23. The number of nitrogens with zero attached hydrogens (tertiary/aromatic N) is 3. The first-order chi connectivity index (χ1) is 12.5. The lowest BCUT2D eigenvalue weighted by molar-refractivity contribution is -0.384. The highest BCUT2D eigenvalue weighted by molar-refractivity contribution is 5.82. The molecule has 3 aromatic rings. The van der Waals surface area contributed by atoms with Crippen molar-refractivity contribution in [2.75, 3.05) is 5.43 Å². The predicted octanol–water partition coefficient (Wildman–Crippen LogP) is 4.76. The highest BCUT2D eigenvalue weighted by atomic mass is 16.6. The first-order valence-corrected chi connectivity index (χ1v) is 8.25. The zero-order valence-corrected chi connectivity index (χ0v) is 14.9. The third-order valence-corrected chi connectivity index (χ3v) is 4.24. The van der Waals surface area contributed by atoms with Gasteiger partial charge in [0.05, 0.1) is 16.8 Å². The Morgan fingerprint density at radius 1 is 1.04 bits per heavy atom. The number of hydrogen-bond acceptors (Lipinski definition) is 4. The molecule has 1 heterocycles. The minimum Gasteiger partial charge on any atom is -0.318 e. The van der Waals surface area contributed by atoms with Crippen molar-refractivity contribution in [3.05, 3.63) is 87.2 Å². The maximum absolute atomic E-state index is 10.7. The van der Waals surface area contributed by atoms with Crippen LogP contribution in [0.3, 0.4) is 0 Å². The Morgan fingerprint density at radius 2 is 1.69 bits per heavy atom. The molecule has 0 spiro atoms. The normalized spacial score (nSPS) is 11.0. The van der Waals surface area contributed by atoms with E-state index < -0.39 is 4.92 Å². The van der Waals surface area contributed by atoms with Crippen LogP contribution in [-0.4, -0.2) is 15.7 Å². The van der Waals surface area contributed by atoms with Crippen molar-refractivity contribution in [3.8, 4) is 5.69 Å². The van der Waals surface area contributed by atoms with Gasteiger partial charge in [-0.15, -0.1) is 0 Å². The molecule has 6 heteroatoms. The van der Waals surface area contributed by atoms with Crippen LogP contribution in [0, 0.1) is 30.9 Å². The minimum absolute atomic E-state index is 0.0566. The molecular weight excluding hydrogens is 328 g/mol. The zero-order valence-electron chi connectivity index (χ0n) is 14.9. The van der Waals surface area contributed by atoms with Gasteiger partial charge in [0.25, 0.3) is 5.69 Å². The molecule has 0 amide bonds. The molecule has 0 atom stereocenters. The van der Waals surface area contributed by atoms with Crippen molar-refractivity contribution in [2.45, 2.75) is 20.8 Å². The molecule has 0 aliphatic carbocycles. The summed E-state index contributed by atoms with van der Waals surface area (Å²) in [6.45, 7) is 6.19. The molecule has 0 aliphatic heterocycles. The Hall–Kier alpha value is -3.41. The fourth-order valence-corrected chi connectivity index (χ4v) is 2.84. The van der Waals surface area contributed by atoms with Crippen LogP contribution in [0.1, 0.15) is 22.5 Å². The maximum atomic E-state index is 10.7. The summed E-state index contributed by atoms with van der Waals surface area (Å²) in [5.74, 6) is 0. The molecule has 0 saturated carbocycles. The Bertz CT molecular complexity index is 955. The van der Waals surface area contributed by atoms with Crippen molar-refractivity contribution in [2.24, 2.45) is 5.10 Å². The largest absolute Gasteiger partial charge is 0.318 e. The predicted molar refractivity (Wildman–Crippen MR) is 104 cm³/mol. The third-order valence-electron chi connectivity index (χ3n) is 4.24. The highest BCUT2D eigenvalue weighted by Crippen LogP contribution is 2.20. The standard InChI is InChI=1S/C20H20N4O2/c1-14-4-8-19(9-5-14)23-15(2)12-17(16(23)3)13-21-22-18-6-10-20(11-7-18)24(25)26/h4-13,22H,1-3H3/b21-13-. The molecule has 132 valence electrons. The zero-order chi connectivity index (χ0) is 18.7. The van der Waals surface area contributed by atoms with E-state index in [4.69, 9.17) is 0 Å². The Balaban J connectivity index is 1.78. The van der Waals surface area contributed by atoms with Gasteiger partial charge in [0, 0.05) is 34.8 Å². The fraction of sp³-hybridized carbons (Fsp3) is 0.150. The van der Waals surface area contributed by atoms with Crippen molar-refractivity contribution in [3.63, 3.8) is 0 Å². The summed E-state index contributed by atoms with van der Waals surface area (Å²) in [6.07, 6.45) is 1.76. The molecule has 0 bridgehead atoms. The third kappa shape index (κ3) is 3.64. The molecule has 0 radical (unpaired) electrons. The summed E-state index contributed by atoms with van der Waals surface area (Å²) in [6, 6.07) is 16.6. The van der Waals surface area contributed by atoms with E-state index in [0.29, 0.717) is 5.69 Å². The molecule has 2 aromatic carbocycles. The van der Waals surface area contributed by atoms with Crippen LogP contribution in [0.5, 0.6) is 0 Å². The summed E-state index contributed by atoms with van der Waals surface area (Å²) in [7, 11) is 0. The van der Waals surface area contributed by atoms with Crippen LogP contribution < -0.4 is 5.43 Å². The molecule has 6 nitrogen and oxygen atoms in total. The second-order valence-electron chi connectivity index (χ2n) is 6.17. The first kappa shape index (κ1) is 17.4. The maximum Gasteiger partial charge on any atom is 0.269 e. The monoisotopic (exact) mass is 348 g/mol. The van der Waals surface area contributed by atoms with Gasteiger partial charge in [0.15, 0.2) is 0 Å². The number of aryl methyl sites for hydroxylation is 2. The van der Waals surface area contributed by atoms with Crippen LogP contribution in [-0.2, 0) is 0 Å². The number of hydrogen-bond donors (Lipinski definition) is 1. The average Bonchev–Trinajstić information content (AvgIpc) is 2.90. The number of aromatic nitrogens is 1. The van der Waals surface area contributed by atoms with E-state index in [1.54, 1.807) is 18.3 Å². The van der Waals surface area contributed by atoms with E-state index in [-0.39, 0.29) is 5.69 Å². The quantitative estimate of drug-likeness (QED) is 0.410. The van der Waals surface area contributed by atoms with E-state index in [1.165, 1.54) is 17.7 Å². The molecular formula is C20H20N4O2. The van der Waals surface area contributed by atoms with Gasteiger partial charge in [-0.05, 0) is 51.1 Å². The van der Waals surface area contributed by atoms with Crippen molar-refractivity contribution in [1.82, 2.24) is 4.57 Å². The number of anilines is 1. The number of hydrazone groups is 1. The van der Waals surface area contributed by atoms with Crippen LogP contribution >= 0.6 is 0 Å². The van der Waals surface area contributed by atoms with Crippen molar-refractivity contribution in [1.29, 1.82) is 0 Å². The summed E-state index contributed by atoms with van der Waals surface area (Å²) in [4.78, 5) is 10.2. The van der Waals surface area contributed by atoms with Crippen LogP contribution in [0.2, 0.25) is 0 Å². The lowest BCUT2D eigenvalue weighted by atomic mass is 10.2. The molecule has 0 aliphatic rings. The summed E-state index contributed by atoms with van der Waals surface area (Å²) in [5.41, 5.74) is 9.23. The number of benzene rings is 2. The minimum atomic E-state index is -0.424. The topological polar surface area (TPSA) is 72.5 Å². The molecule has 26 heavy (non-hydrogen) atoms. The van der Waals surface area contributed by atoms with Gasteiger partial charge in [0.2, 0.25) is 0 Å². The summed E-state index contributed by atoms with van der Waals surface area (Å²) in [5, 5.41) is 14.9. The van der Waals surface area contributed by atoms with E-state index in [0.717, 1.165) is 22.6 Å². The molecule has 0 fully saturated rings. The number of nitro groups is 1. The fourth-order valence-electron chi connectivity index (χ4n) is 2.84. The van der Waals surface area contributed by atoms with Crippen LogP contribution in [0.4, 0.5) is 11.4 Å². The van der Waals surface area contributed by atoms with E-state index in [1.807, 2.05) is 0 Å². The molecule has 3 rings (SSSR count). The molecule has 0 saturated heterocycles. The Kier molecular flexibility index (Phi) is 4.84. The molecule has 1 aromatic heterocycles. The smallest absolute Gasteiger partial charge is 0.269 e. The number of rotatable bonds is 5. The average molecular weight is 348 g/mol. The van der Waals surface area contributed by atoms with Crippen molar-refractivity contribution < 1.29 is 4.92 Å². The van der Waals surface area contributed by atoms with E-state index >= 15 is 0 Å². The molecule has 0 unspecified atom stereocenters. The van der Waals surface area contributed by atoms with Crippen LogP contribution in [0.25, 0.3) is 5.69 Å². The van der Waals surface area contributed by atoms with Gasteiger partial charge in [-0.25, -0.2) is 0 Å². The SMILES string of the molecule is Cc1ccc(-n2c(C)cc(/C=N\Nc3ccc([N+](=O)[O-])cc3)c2C)cc1. The van der Waals surface area contributed by atoms with Gasteiger partial charge >= 0.3 is 0 Å². The van der Waals surface area contributed by atoms with E-state index in [2.05, 4.69) is 66.2 Å². The van der Waals surface area contributed by atoms with Gasteiger partial charge in [0.1, 0.15) is 0 Å². The lowest BCUT2D eigenvalue weighted by Gasteiger charge is -2.09. The summed E-state index contributed by atoms with van der Waals surface area (Å²) >= 11 is 0. The Morgan fingerprint density at radius 3 is 2.31 bits per heavy atom. The summed E-state index contributed by atoms with van der Waals surface area (Å²) < 4.78 is 2.19. The number of non-ortho nitro benzene ring substituents is 1. The second-order valence-corrected chi connectivity index (χ2v) is 6.17. The van der Waals surface area contributed by atoms with Crippen LogP contribution in [0.15, 0.2) is 59.7 Å². The number of nitro benzene ring substituents is 1. The molecule has 1 N–H and O–H groups in total. The van der Waals surface area contributed by atoms with Gasteiger partial charge < -0.3 is 4.57 Å². The Labute approximate surface area is 151 Å². The number of nitrogens with one attached hydrogen (secondary N) is 1. The van der Waals surface area contributed by atoms with Gasteiger partial charge in [-0.3, -0.25) is 15.5 Å². The van der Waals surface area contributed by atoms with Crippen molar-refractivity contribution >= 4 is 17.6 Å². The lowest BCUT2D eigenvalue weighted by Crippen LogP contribution is -1.99. The van der Waals surface area contributed by atoms with Gasteiger partial charge in [-0.2, -0.15) is 5.10 Å². The van der Waals surface area contributed by atoms with E-state index in [9.17, 15) is 10.1 Å². The highest BCUT2D eigenvalue weighted by Gasteiger charge is 2.09. The van der Waals surface area contributed by atoms with Gasteiger partial charge in [-0.1, -0.05) is 17.7 Å².